The molecule has 5 nitrogen and oxygen atoms in total. The van der Waals surface area contributed by atoms with Crippen LogP contribution in [-0.2, 0) is 9.59 Å². The number of aryl methyl sites for hydroxylation is 1. The first-order valence-corrected chi connectivity index (χ1v) is 7.92. The first-order chi connectivity index (χ1) is 10.5. The summed E-state index contributed by atoms with van der Waals surface area (Å²) in [7, 11) is 2.15. The second kappa shape index (κ2) is 6.08. The minimum Gasteiger partial charge on any atom is -0.369 e. The summed E-state index contributed by atoms with van der Waals surface area (Å²) in [6.45, 7) is 6.33. The molecule has 1 aromatic rings. The number of nitrogens with zero attached hydrogens (tertiary/aromatic N) is 2. The van der Waals surface area contributed by atoms with Gasteiger partial charge in [-0.3, -0.25) is 14.9 Å². The fourth-order valence-corrected chi connectivity index (χ4v) is 3.31. The van der Waals surface area contributed by atoms with E-state index in [4.69, 9.17) is 0 Å². The van der Waals surface area contributed by atoms with Crippen LogP contribution in [0, 0.1) is 6.92 Å². The molecule has 2 saturated heterocycles. The Hall–Kier alpha value is -1.88. The van der Waals surface area contributed by atoms with Gasteiger partial charge in [-0.25, -0.2) is 0 Å². The average Bonchev–Trinajstić information content (AvgIpc) is 2.48. The Kier molecular flexibility index (Phi) is 4.16. The number of anilines is 1. The van der Waals surface area contributed by atoms with Gasteiger partial charge in [-0.2, -0.15) is 0 Å². The summed E-state index contributed by atoms with van der Waals surface area (Å²) in [5.74, 6) is -0.520. The summed E-state index contributed by atoms with van der Waals surface area (Å²) in [5.41, 5.74) is 3.47. The van der Waals surface area contributed by atoms with Gasteiger partial charge in [0.25, 0.3) is 0 Å². The lowest BCUT2D eigenvalue weighted by atomic mass is 9.89. The van der Waals surface area contributed by atoms with Crippen LogP contribution < -0.4 is 10.2 Å². The van der Waals surface area contributed by atoms with E-state index in [0.29, 0.717) is 12.8 Å². The minimum absolute atomic E-state index is 0.160. The van der Waals surface area contributed by atoms with E-state index in [9.17, 15) is 9.59 Å². The predicted molar refractivity (Wildman–Crippen MR) is 86.0 cm³/mol. The molecule has 3 rings (SSSR count). The van der Waals surface area contributed by atoms with E-state index in [1.54, 1.807) is 0 Å². The third kappa shape index (κ3) is 2.99. The second-order valence-electron chi connectivity index (χ2n) is 6.34. The van der Waals surface area contributed by atoms with Crippen molar-refractivity contribution in [2.45, 2.75) is 25.7 Å². The number of piperazine rings is 1. The molecule has 0 radical (unpaired) electrons. The first-order valence-electron chi connectivity index (χ1n) is 7.92. The van der Waals surface area contributed by atoms with Gasteiger partial charge < -0.3 is 9.80 Å². The summed E-state index contributed by atoms with van der Waals surface area (Å²) in [4.78, 5) is 28.0. The number of likely N-dealkylation sites (N-methyl/N-ethyl adjacent to an activating group) is 1. The van der Waals surface area contributed by atoms with Crippen LogP contribution in [0.4, 0.5) is 5.69 Å². The molecule has 1 N–H and O–H groups in total. The molecule has 118 valence electrons. The third-order valence-corrected chi connectivity index (χ3v) is 4.71. The number of rotatable bonds is 2. The lowest BCUT2D eigenvalue weighted by Crippen LogP contribution is -2.44. The van der Waals surface area contributed by atoms with Crippen molar-refractivity contribution in [3.8, 4) is 0 Å². The summed E-state index contributed by atoms with van der Waals surface area (Å²) < 4.78 is 0. The van der Waals surface area contributed by atoms with Gasteiger partial charge in [0, 0.05) is 38.3 Å². The largest absolute Gasteiger partial charge is 0.369 e. The molecule has 2 aliphatic rings. The SMILES string of the molecule is Cc1cc(C2CCC(=O)NC2=O)ccc1N1CCN(C)CC1. The maximum atomic E-state index is 12.0. The maximum Gasteiger partial charge on any atom is 0.234 e. The number of amides is 2. The lowest BCUT2D eigenvalue weighted by Gasteiger charge is -2.35. The number of hydrogen-bond donors (Lipinski definition) is 1. The number of carbonyl (C=O) groups excluding carboxylic acids is 2. The Morgan fingerprint density at radius 1 is 1.14 bits per heavy atom. The number of benzene rings is 1. The van der Waals surface area contributed by atoms with Crippen molar-refractivity contribution in [2.24, 2.45) is 0 Å². The minimum atomic E-state index is -0.196. The summed E-state index contributed by atoms with van der Waals surface area (Å²) in [5, 5.41) is 2.44. The van der Waals surface area contributed by atoms with Crippen LogP contribution in [0.3, 0.4) is 0 Å². The molecule has 1 atom stereocenters. The van der Waals surface area contributed by atoms with Gasteiger partial charge in [0.1, 0.15) is 0 Å². The molecule has 0 aromatic heterocycles. The number of piperidine rings is 1. The molecule has 2 fully saturated rings. The van der Waals surface area contributed by atoms with Crippen molar-refractivity contribution in [1.82, 2.24) is 10.2 Å². The highest BCUT2D eigenvalue weighted by atomic mass is 16.2. The number of nitrogens with one attached hydrogen (secondary N) is 1. The van der Waals surface area contributed by atoms with Crippen molar-refractivity contribution < 1.29 is 9.59 Å². The maximum absolute atomic E-state index is 12.0. The number of imide groups is 1. The first kappa shape index (κ1) is 15.0. The number of carbonyl (C=O) groups is 2. The zero-order valence-corrected chi connectivity index (χ0v) is 13.3. The van der Waals surface area contributed by atoms with Gasteiger partial charge in [0.05, 0.1) is 5.92 Å². The summed E-state index contributed by atoms with van der Waals surface area (Å²) in [6, 6.07) is 6.27. The van der Waals surface area contributed by atoms with Crippen LogP contribution in [0.25, 0.3) is 0 Å². The van der Waals surface area contributed by atoms with Crippen LogP contribution >= 0.6 is 0 Å². The molecule has 0 saturated carbocycles. The van der Waals surface area contributed by atoms with Crippen LogP contribution in [0.2, 0.25) is 0 Å². The second-order valence-corrected chi connectivity index (χ2v) is 6.34. The molecule has 2 aliphatic heterocycles. The zero-order chi connectivity index (χ0) is 15.7. The highest BCUT2D eigenvalue weighted by Gasteiger charge is 2.28. The van der Waals surface area contributed by atoms with Crippen LogP contribution in [0.15, 0.2) is 18.2 Å². The van der Waals surface area contributed by atoms with Gasteiger partial charge in [-0.05, 0) is 37.6 Å². The topological polar surface area (TPSA) is 52.7 Å². The average molecular weight is 301 g/mol. The molecule has 0 spiro atoms. The van der Waals surface area contributed by atoms with Crippen molar-refractivity contribution in [3.63, 3.8) is 0 Å². The Morgan fingerprint density at radius 2 is 1.86 bits per heavy atom. The van der Waals surface area contributed by atoms with E-state index in [-0.39, 0.29) is 17.7 Å². The molecular formula is C17H23N3O2. The molecule has 0 aliphatic carbocycles. The van der Waals surface area contributed by atoms with Crippen LogP contribution in [-0.4, -0.2) is 49.9 Å². The molecule has 22 heavy (non-hydrogen) atoms. The Balaban J connectivity index is 1.77. The van der Waals surface area contributed by atoms with Crippen molar-refractivity contribution in [1.29, 1.82) is 0 Å². The fraction of sp³-hybridized carbons (Fsp3) is 0.529. The smallest absolute Gasteiger partial charge is 0.234 e. The van der Waals surface area contributed by atoms with E-state index in [0.717, 1.165) is 31.7 Å². The van der Waals surface area contributed by atoms with Crippen molar-refractivity contribution in [2.75, 3.05) is 38.1 Å². The van der Waals surface area contributed by atoms with E-state index in [2.05, 4.69) is 41.2 Å². The molecular weight excluding hydrogens is 278 g/mol. The number of hydrogen-bond acceptors (Lipinski definition) is 4. The quantitative estimate of drug-likeness (QED) is 0.836. The van der Waals surface area contributed by atoms with Crippen LogP contribution in [0.5, 0.6) is 0 Å². The standard InChI is InChI=1S/C17H23N3O2/c1-12-11-13(14-4-6-16(21)18-17(14)22)3-5-15(12)20-9-7-19(2)8-10-20/h3,5,11,14H,4,6-10H2,1-2H3,(H,18,21,22). The van der Waals surface area contributed by atoms with Gasteiger partial charge >= 0.3 is 0 Å². The fourth-order valence-electron chi connectivity index (χ4n) is 3.31. The van der Waals surface area contributed by atoms with Crippen LogP contribution in [0.1, 0.15) is 29.9 Å². The lowest BCUT2D eigenvalue weighted by molar-refractivity contribution is -0.134. The third-order valence-electron chi connectivity index (χ3n) is 4.71. The molecule has 1 unspecified atom stereocenters. The highest BCUT2D eigenvalue weighted by molar-refractivity contribution is 6.01. The zero-order valence-electron chi connectivity index (χ0n) is 13.3. The van der Waals surface area contributed by atoms with E-state index < -0.39 is 0 Å². The summed E-state index contributed by atoms with van der Waals surface area (Å²) >= 11 is 0. The molecule has 2 heterocycles. The van der Waals surface area contributed by atoms with Gasteiger partial charge in [0.15, 0.2) is 0 Å². The predicted octanol–water partition coefficient (Wildman–Crippen LogP) is 1.27. The van der Waals surface area contributed by atoms with E-state index >= 15 is 0 Å². The molecule has 2 amide bonds. The monoisotopic (exact) mass is 301 g/mol. The van der Waals surface area contributed by atoms with E-state index in [1.807, 2.05) is 6.07 Å². The Labute approximate surface area is 131 Å². The van der Waals surface area contributed by atoms with Gasteiger partial charge in [-0.15, -0.1) is 0 Å². The molecule has 5 heteroatoms. The summed E-state index contributed by atoms with van der Waals surface area (Å²) in [6.07, 6.45) is 1.04. The Bertz CT molecular complexity index is 592. The Morgan fingerprint density at radius 3 is 2.50 bits per heavy atom. The molecule has 0 bridgehead atoms. The molecule has 1 aromatic carbocycles. The normalized spacial score (nSPS) is 23.5. The van der Waals surface area contributed by atoms with Crippen molar-refractivity contribution in [3.05, 3.63) is 29.3 Å². The van der Waals surface area contributed by atoms with Gasteiger partial charge in [0.2, 0.25) is 11.8 Å². The highest BCUT2D eigenvalue weighted by Crippen LogP contribution is 2.29. The van der Waals surface area contributed by atoms with Gasteiger partial charge in [-0.1, -0.05) is 12.1 Å². The van der Waals surface area contributed by atoms with Crippen molar-refractivity contribution >= 4 is 17.5 Å². The van der Waals surface area contributed by atoms with E-state index in [1.165, 1.54) is 11.3 Å².